The maximum Gasteiger partial charge on any atom is 0.282 e. The molecule has 1 saturated heterocycles. The molecule has 0 bridgehead atoms. The van der Waals surface area contributed by atoms with E-state index in [-0.39, 0.29) is 17.9 Å². The first-order chi connectivity index (χ1) is 11.5. The molecule has 1 atom stereocenters. The number of ether oxygens (including phenoxy) is 1. The van der Waals surface area contributed by atoms with Crippen molar-refractivity contribution in [3.63, 3.8) is 0 Å². The lowest BCUT2D eigenvalue weighted by molar-refractivity contribution is -1.01. The Kier molecular flexibility index (Phi) is 6.57. The minimum atomic E-state index is -0.142. The molecule has 1 aromatic carbocycles. The zero-order valence-electron chi connectivity index (χ0n) is 14.6. The summed E-state index contributed by atoms with van der Waals surface area (Å²) >= 11 is 0. The highest BCUT2D eigenvalue weighted by Gasteiger charge is 2.31. The smallest absolute Gasteiger partial charge is 0.282 e. The number of para-hydroxylation sites is 2. The molecule has 2 amide bonds. The van der Waals surface area contributed by atoms with Crippen LogP contribution in [0.1, 0.15) is 6.92 Å². The van der Waals surface area contributed by atoms with Gasteiger partial charge < -0.3 is 25.2 Å². The van der Waals surface area contributed by atoms with E-state index in [0.717, 1.165) is 26.2 Å². The number of quaternary nitrogens is 2. The highest BCUT2D eigenvalue weighted by molar-refractivity contribution is 5.94. The van der Waals surface area contributed by atoms with Crippen molar-refractivity contribution >= 4 is 17.5 Å². The first-order valence-electron chi connectivity index (χ1n) is 8.37. The van der Waals surface area contributed by atoms with Gasteiger partial charge in [0.1, 0.15) is 31.9 Å². The van der Waals surface area contributed by atoms with Gasteiger partial charge in [-0.05, 0) is 19.1 Å². The maximum absolute atomic E-state index is 12.5. The predicted octanol–water partition coefficient (Wildman–Crippen LogP) is -2.45. The fraction of sp³-hybridized carbons (Fsp3) is 0.529. The van der Waals surface area contributed by atoms with Crippen LogP contribution in [0.4, 0.5) is 5.69 Å². The molecule has 1 aliphatic heterocycles. The molecule has 0 aliphatic carbocycles. The summed E-state index contributed by atoms with van der Waals surface area (Å²) in [7, 11) is 3.25. The van der Waals surface area contributed by atoms with Crippen molar-refractivity contribution in [2.24, 2.45) is 0 Å². The molecule has 1 fully saturated rings. The van der Waals surface area contributed by atoms with Crippen molar-refractivity contribution in [2.45, 2.75) is 13.0 Å². The van der Waals surface area contributed by atoms with E-state index in [1.54, 1.807) is 14.2 Å². The summed E-state index contributed by atoms with van der Waals surface area (Å²) in [6.45, 7) is 6.01. The SMILES string of the molecule is CNC(=O)C[NH+]1CC[NH+]([C@@H](C)C(=O)Nc2ccccc2OC)CC1. The normalized spacial score (nSPS) is 21.6. The van der Waals surface area contributed by atoms with Crippen LogP contribution < -0.4 is 25.2 Å². The van der Waals surface area contributed by atoms with Crippen molar-refractivity contribution in [1.82, 2.24) is 5.32 Å². The van der Waals surface area contributed by atoms with Crippen molar-refractivity contribution in [3.8, 4) is 5.75 Å². The second-order valence-corrected chi connectivity index (χ2v) is 6.17. The van der Waals surface area contributed by atoms with E-state index in [9.17, 15) is 9.59 Å². The summed E-state index contributed by atoms with van der Waals surface area (Å²) in [5.74, 6) is 0.715. The van der Waals surface area contributed by atoms with E-state index < -0.39 is 0 Å². The Hall–Kier alpha value is -2.12. The molecule has 2 rings (SSSR count). The van der Waals surface area contributed by atoms with Gasteiger partial charge in [0.2, 0.25) is 0 Å². The standard InChI is InChI=1S/C17H26N4O3/c1-13(17(23)19-14-6-4-5-7-15(14)24-3)21-10-8-20(9-11-21)12-16(22)18-2/h4-7,13H,8-12H2,1-3H3,(H,18,22)(H,19,23)/p+2/t13-/m0/s1. The third-order valence-corrected chi connectivity index (χ3v) is 4.66. The van der Waals surface area contributed by atoms with Crippen molar-refractivity contribution in [2.75, 3.05) is 52.2 Å². The topological polar surface area (TPSA) is 76.3 Å². The third kappa shape index (κ3) is 4.69. The lowest BCUT2D eigenvalue weighted by Gasteiger charge is -2.32. The average Bonchev–Trinajstić information content (AvgIpc) is 2.62. The van der Waals surface area contributed by atoms with Crippen LogP contribution in [0.2, 0.25) is 0 Å². The van der Waals surface area contributed by atoms with Crippen molar-refractivity contribution in [1.29, 1.82) is 0 Å². The van der Waals surface area contributed by atoms with E-state index in [1.807, 2.05) is 31.2 Å². The fourth-order valence-electron chi connectivity index (χ4n) is 3.02. The Balaban J connectivity index is 1.87. The van der Waals surface area contributed by atoms with E-state index in [1.165, 1.54) is 9.80 Å². The number of anilines is 1. The number of hydrogen-bond acceptors (Lipinski definition) is 3. The molecule has 132 valence electrons. The molecule has 24 heavy (non-hydrogen) atoms. The highest BCUT2D eigenvalue weighted by Crippen LogP contribution is 2.22. The second-order valence-electron chi connectivity index (χ2n) is 6.17. The molecule has 0 unspecified atom stereocenters. The molecular weight excluding hydrogens is 308 g/mol. The number of amides is 2. The van der Waals surface area contributed by atoms with Crippen molar-refractivity contribution in [3.05, 3.63) is 24.3 Å². The van der Waals surface area contributed by atoms with Crippen LogP contribution in [0.3, 0.4) is 0 Å². The van der Waals surface area contributed by atoms with Gasteiger partial charge >= 0.3 is 0 Å². The number of carbonyl (C=O) groups is 2. The van der Waals surface area contributed by atoms with Crippen LogP contribution in [0.15, 0.2) is 24.3 Å². The molecule has 1 aromatic rings. The number of piperazine rings is 1. The van der Waals surface area contributed by atoms with Crippen LogP contribution in [-0.4, -0.2) is 64.7 Å². The molecule has 7 heteroatoms. The molecule has 4 N–H and O–H groups in total. The van der Waals surface area contributed by atoms with Gasteiger partial charge in [0.15, 0.2) is 12.6 Å². The lowest BCUT2D eigenvalue weighted by Crippen LogP contribution is -3.30. The van der Waals surface area contributed by atoms with Crippen molar-refractivity contribution < 1.29 is 24.1 Å². The van der Waals surface area contributed by atoms with Gasteiger partial charge in [0.25, 0.3) is 11.8 Å². The summed E-state index contributed by atoms with van der Waals surface area (Å²) in [5, 5.41) is 5.62. The van der Waals surface area contributed by atoms with Crippen LogP contribution in [0.25, 0.3) is 0 Å². The zero-order valence-corrected chi connectivity index (χ0v) is 14.6. The third-order valence-electron chi connectivity index (χ3n) is 4.66. The molecule has 0 radical (unpaired) electrons. The number of hydrogen-bond donors (Lipinski definition) is 4. The van der Waals surface area contributed by atoms with Gasteiger partial charge in [-0.3, -0.25) is 9.59 Å². The van der Waals surface area contributed by atoms with Crippen LogP contribution in [0, 0.1) is 0 Å². The molecule has 1 aliphatic rings. The summed E-state index contributed by atoms with van der Waals surface area (Å²) in [6, 6.07) is 7.27. The maximum atomic E-state index is 12.5. The number of likely N-dealkylation sites (N-methyl/N-ethyl adjacent to an activating group) is 1. The van der Waals surface area contributed by atoms with Gasteiger partial charge in [0.05, 0.1) is 12.8 Å². The lowest BCUT2D eigenvalue weighted by atomic mass is 10.2. The minimum absolute atomic E-state index is 0.00995. The fourth-order valence-corrected chi connectivity index (χ4v) is 3.02. The summed E-state index contributed by atoms with van der Waals surface area (Å²) in [5.41, 5.74) is 0.695. The van der Waals surface area contributed by atoms with E-state index in [2.05, 4.69) is 10.6 Å². The number of nitrogens with one attached hydrogen (secondary N) is 4. The Bertz CT molecular complexity index is 571. The van der Waals surface area contributed by atoms with E-state index >= 15 is 0 Å². The number of rotatable bonds is 6. The first kappa shape index (κ1) is 18.2. The zero-order chi connectivity index (χ0) is 17.5. The first-order valence-corrected chi connectivity index (χ1v) is 8.37. The minimum Gasteiger partial charge on any atom is -0.495 e. The Morgan fingerprint density at radius 2 is 1.88 bits per heavy atom. The Morgan fingerprint density at radius 1 is 1.21 bits per heavy atom. The monoisotopic (exact) mass is 336 g/mol. The summed E-state index contributed by atoms with van der Waals surface area (Å²) in [6.07, 6.45) is 0. The molecule has 7 nitrogen and oxygen atoms in total. The second kappa shape index (κ2) is 8.65. The largest absolute Gasteiger partial charge is 0.495 e. The van der Waals surface area contributed by atoms with Gasteiger partial charge in [-0.15, -0.1) is 0 Å². The molecular formula is C17H28N4O3+2. The van der Waals surface area contributed by atoms with Crippen LogP contribution in [0.5, 0.6) is 5.75 Å². The van der Waals surface area contributed by atoms with E-state index in [0.29, 0.717) is 18.0 Å². The van der Waals surface area contributed by atoms with E-state index in [4.69, 9.17) is 4.74 Å². The Morgan fingerprint density at radius 3 is 2.50 bits per heavy atom. The predicted molar refractivity (Wildman–Crippen MR) is 91.4 cm³/mol. The van der Waals surface area contributed by atoms with Gasteiger partial charge in [-0.2, -0.15) is 0 Å². The number of carbonyl (C=O) groups excluding carboxylic acids is 2. The molecule has 1 heterocycles. The summed E-state index contributed by atoms with van der Waals surface area (Å²) < 4.78 is 5.27. The molecule has 0 aromatic heterocycles. The van der Waals surface area contributed by atoms with Gasteiger partial charge in [0, 0.05) is 7.05 Å². The van der Waals surface area contributed by atoms with Crippen LogP contribution >= 0.6 is 0 Å². The quantitative estimate of drug-likeness (QED) is 0.466. The molecule has 0 saturated carbocycles. The number of benzene rings is 1. The molecule has 0 spiro atoms. The van der Waals surface area contributed by atoms with Crippen LogP contribution in [-0.2, 0) is 9.59 Å². The Labute approximate surface area is 142 Å². The average molecular weight is 336 g/mol. The van der Waals surface area contributed by atoms with Gasteiger partial charge in [-0.25, -0.2) is 0 Å². The van der Waals surface area contributed by atoms with Gasteiger partial charge in [-0.1, -0.05) is 12.1 Å². The summed E-state index contributed by atoms with van der Waals surface area (Å²) in [4.78, 5) is 26.5. The number of methoxy groups -OCH3 is 1. The highest BCUT2D eigenvalue weighted by atomic mass is 16.5.